The van der Waals surface area contributed by atoms with Crippen molar-refractivity contribution in [3.05, 3.63) is 0 Å². The molecule has 3 aliphatic carbocycles. The number of hydrogen-bond acceptors (Lipinski definition) is 3. The van der Waals surface area contributed by atoms with Crippen LogP contribution in [0.5, 0.6) is 0 Å². The minimum absolute atomic E-state index is 0.124. The number of ether oxygens (including phenoxy) is 1. The molecule has 0 aromatic heterocycles. The molecule has 3 saturated carbocycles. The molecule has 3 fully saturated rings. The van der Waals surface area contributed by atoms with Gasteiger partial charge in [-0.15, -0.1) is 0 Å². The van der Waals surface area contributed by atoms with Crippen molar-refractivity contribution in [1.29, 1.82) is 0 Å². The molecule has 2 N–H and O–H groups in total. The highest BCUT2D eigenvalue weighted by Gasteiger charge is 2.64. The third-order valence-electron chi connectivity index (χ3n) is 6.22. The Labute approximate surface area is 117 Å². The number of fused-ring (bicyclic) bond motifs is 2. The first-order valence-electron chi connectivity index (χ1n) is 7.56. The molecule has 0 unspecified atom stereocenters. The highest BCUT2D eigenvalue weighted by molar-refractivity contribution is 5.14. The highest BCUT2D eigenvalue weighted by Crippen LogP contribution is 2.62. The van der Waals surface area contributed by atoms with Gasteiger partial charge in [0.25, 0.3) is 0 Å². The van der Waals surface area contributed by atoms with Crippen LogP contribution in [0.2, 0.25) is 0 Å². The van der Waals surface area contributed by atoms with E-state index in [4.69, 9.17) is 4.74 Å². The molecule has 3 aliphatic rings. The van der Waals surface area contributed by atoms with Crippen LogP contribution >= 0.6 is 0 Å². The maximum Gasteiger partial charge on any atom is 0.117 e. The Morgan fingerprint density at radius 1 is 1.26 bits per heavy atom. The van der Waals surface area contributed by atoms with Gasteiger partial charge in [0, 0.05) is 0 Å². The number of hydrogen-bond donors (Lipinski definition) is 2. The standard InChI is InChI=1S/C16H30O3/c1-10(2)15(5,6)19-9-16(18)12-7-11(8-13(16)17)14(12,3)4/h10-13,17-18H,7-9H2,1-6H3/t11-,12-,13+,16-/m0/s1. The number of aliphatic hydroxyl groups excluding tert-OH is 1. The predicted molar refractivity (Wildman–Crippen MR) is 75.8 cm³/mol. The molecule has 0 radical (unpaired) electrons. The molecular formula is C16H30O3. The van der Waals surface area contributed by atoms with Gasteiger partial charge in [0.1, 0.15) is 5.60 Å². The van der Waals surface area contributed by atoms with Gasteiger partial charge >= 0.3 is 0 Å². The summed E-state index contributed by atoms with van der Waals surface area (Å²) in [5.74, 6) is 1.07. The summed E-state index contributed by atoms with van der Waals surface area (Å²) in [5, 5.41) is 21.2. The lowest BCUT2D eigenvalue weighted by Crippen LogP contribution is -2.69. The van der Waals surface area contributed by atoms with Crippen molar-refractivity contribution in [1.82, 2.24) is 0 Å². The third-order valence-corrected chi connectivity index (χ3v) is 6.22. The van der Waals surface area contributed by atoms with Crippen molar-refractivity contribution >= 4 is 0 Å². The van der Waals surface area contributed by atoms with E-state index in [0.717, 1.165) is 6.42 Å². The number of rotatable bonds is 4. The van der Waals surface area contributed by atoms with Crippen molar-refractivity contribution < 1.29 is 14.9 Å². The fourth-order valence-corrected chi connectivity index (χ4v) is 3.64. The van der Waals surface area contributed by atoms with Crippen LogP contribution < -0.4 is 0 Å². The van der Waals surface area contributed by atoms with Gasteiger partial charge in [-0.2, -0.15) is 0 Å². The average Bonchev–Trinajstić information content (AvgIpc) is 2.29. The molecule has 0 saturated heterocycles. The molecule has 3 heteroatoms. The first kappa shape index (κ1) is 15.3. The van der Waals surface area contributed by atoms with Crippen LogP contribution in [0.4, 0.5) is 0 Å². The largest absolute Gasteiger partial charge is 0.390 e. The molecule has 3 rings (SSSR count). The lowest BCUT2D eigenvalue weighted by atomic mass is 9.43. The SMILES string of the molecule is CC(C)C(C)(C)OC[C@@]1(O)[C@H](O)C[C@@H]2C[C@H]1C2(C)C. The first-order chi connectivity index (χ1) is 8.52. The van der Waals surface area contributed by atoms with Gasteiger partial charge in [-0.25, -0.2) is 0 Å². The molecule has 0 aliphatic heterocycles. The first-order valence-corrected chi connectivity index (χ1v) is 7.56. The molecule has 0 heterocycles. The van der Waals surface area contributed by atoms with Crippen molar-refractivity contribution in [2.24, 2.45) is 23.2 Å². The monoisotopic (exact) mass is 270 g/mol. The van der Waals surface area contributed by atoms with Crippen molar-refractivity contribution in [3.8, 4) is 0 Å². The summed E-state index contributed by atoms with van der Waals surface area (Å²) >= 11 is 0. The molecular weight excluding hydrogens is 240 g/mol. The van der Waals surface area contributed by atoms with Crippen LogP contribution in [-0.4, -0.2) is 34.1 Å². The Kier molecular flexibility index (Phi) is 3.57. The normalized spacial score (nSPS) is 41.2. The lowest BCUT2D eigenvalue weighted by molar-refractivity contribution is -0.280. The second kappa shape index (κ2) is 4.44. The van der Waals surface area contributed by atoms with Gasteiger partial charge in [0.05, 0.1) is 18.3 Å². The molecule has 3 nitrogen and oxygen atoms in total. The van der Waals surface area contributed by atoms with Gasteiger partial charge in [0.15, 0.2) is 0 Å². The predicted octanol–water partition coefficient (Wildman–Crippen LogP) is 2.60. The Balaban J connectivity index is 2.09. The minimum atomic E-state index is -1.08. The zero-order chi connectivity index (χ0) is 14.6. The Hall–Kier alpha value is -0.120. The summed E-state index contributed by atoms with van der Waals surface area (Å²) < 4.78 is 5.98. The highest BCUT2D eigenvalue weighted by atomic mass is 16.5. The molecule has 0 amide bonds. The molecule has 2 bridgehead atoms. The second-order valence-corrected chi connectivity index (χ2v) is 8.10. The van der Waals surface area contributed by atoms with E-state index < -0.39 is 11.7 Å². The molecule has 0 aromatic rings. The zero-order valence-electron chi connectivity index (χ0n) is 13.2. The van der Waals surface area contributed by atoms with Crippen LogP contribution in [0.1, 0.15) is 54.4 Å². The molecule has 0 spiro atoms. The smallest absolute Gasteiger partial charge is 0.117 e. The van der Waals surface area contributed by atoms with Gasteiger partial charge in [-0.3, -0.25) is 0 Å². The van der Waals surface area contributed by atoms with Crippen LogP contribution in [0, 0.1) is 23.2 Å². The van der Waals surface area contributed by atoms with E-state index in [9.17, 15) is 10.2 Å². The fraction of sp³-hybridized carbons (Fsp3) is 1.00. The third kappa shape index (κ3) is 2.24. The van der Waals surface area contributed by atoms with E-state index in [1.807, 2.05) is 13.8 Å². The zero-order valence-corrected chi connectivity index (χ0v) is 13.2. The van der Waals surface area contributed by atoms with Crippen molar-refractivity contribution in [3.63, 3.8) is 0 Å². The van der Waals surface area contributed by atoms with Crippen molar-refractivity contribution in [2.45, 2.75) is 71.7 Å². The Bertz CT molecular complexity index is 348. The molecule has 112 valence electrons. The quantitative estimate of drug-likeness (QED) is 0.825. The van der Waals surface area contributed by atoms with Gasteiger partial charge in [-0.1, -0.05) is 27.7 Å². The van der Waals surface area contributed by atoms with Crippen LogP contribution in [0.15, 0.2) is 0 Å². The lowest BCUT2D eigenvalue weighted by Gasteiger charge is -2.65. The van der Waals surface area contributed by atoms with E-state index in [1.54, 1.807) is 0 Å². The number of aliphatic hydroxyl groups is 2. The van der Waals surface area contributed by atoms with E-state index in [2.05, 4.69) is 27.7 Å². The maximum atomic E-state index is 11.0. The summed E-state index contributed by atoms with van der Waals surface area (Å²) in [6, 6.07) is 0. The summed E-state index contributed by atoms with van der Waals surface area (Å²) in [6.45, 7) is 13.0. The van der Waals surface area contributed by atoms with Crippen LogP contribution in [0.25, 0.3) is 0 Å². The van der Waals surface area contributed by atoms with Crippen LogP contribution in [0.3, 0.4) is 0 Å². The second-order valence-electron chi connectivity index (χ2n) is 8.10. The summed E-state index contributed by atoms with van der Waals surface area (Å²) in [5.41, 5.74) is -1.23. The Morgan fingerprint density at radius 3 is 2.32 bits per heavy atom. The van der Waals surface area contributed by atoms with E-state index >= 15 is 0 Å². The van der Waals surface area contributed by atoms with E-state index in [0.29, 0.717) is 18.3 Å². The fourth-order valence-electron chi connectivity index (χ4n) is 3.64. The molecule has 4 atom stereocenters. The van der Waals surface area contributed by atoms with Gasteiger partial charge < -0.3 is 14.9 Å². The summed E-state index contributed by atoms with van der Waals surface area (Å²) in [4.78, 5) is 0. The van der Waals surface area contributed by atoms with Crippen LogP contribution in [-0.2, 0) is 4.74 Å². The van der Waals surface area contributed by atoms with Crippen molar-refractivity contribution in [2.75, 3.05) is 6.61 Å². The van der Waals surface area contributed by atoms with E-state index in [1.165, 1.54) is 0 Å². The Morgan fingerprint density at radius 2 is 1.84 bits per heavy atom. The summed E-state index contributed by atoms with van der Waals surface area (Å²) in [6.07, 6.45) is 1.07. The molecule has 19 heavy (non-hydrogen) atoms. The van der Waals surface area contributed by atoms with Gasteiger partial charge in [-0.05, 0) is 49.9 Å². The van der Waals surface area contributed by atoms with Gasteiger partial charge in [0.2, 0.25) is 0 Å². The topological polar surface area (TPSA) is 49.7 Å². The molecule has 0 aromatic carbocycles. The average molecular weight is 270 g/mol. The summed E-state index contributed by atoms with van der Waals surface area (Å²) in [7, 11) is 0. The van der Waals surface area contributed by atoms with E-state index in [-0.39, 0.29) is 23.5 Å². The minimum Gasteiger partial charge on any atom is -0.390 e. The maximum absolute atomic E-state index is 11.0.